The van der Waals surface area contributed by atoms with Gasteiger partial charge >= 0.3 is 6.18 Å². The maximum Gasteiger partial charge on any atom is 0.416 e. The number of hydrogen-bond donors (Lipinski definition) is 1. The van der Waals surface area contributed by atoms with Gasteiger partial charge in [-0.1, -0.05) is 12.1 Å². The normalized spacial score (nSPS) is 11.4. The molecule has 2 rings (SSSR count). The fraction of sp³-hybridized carbons (Fsp3) is 0.267. The minimum Gasteiger partial charge on any atom is -0.381 e. The van der Waals surface area contributed by atoms with Crippen LogP contribution in [-0.2, 0) is 12.7 Å². The average molecular weight is 280 g/mol. The van der Waals surface area contributed by atoms with E-state index in [0.717, 1.165) is 17.3 Å². The Balaban J connectivity index is 2.12. The number of aromatic nitrogens is 1. The predicted octanol–water partition coefficient (Wildman–Crippen LogP) is 4.33. The number of nitrogens with zero attached hydrogens (tertiary/aromatic N) is 1. The zero-order valence-electron chi connectivity index (χ0n) is 11.3. The standard InChI is InChI=1S/C15H15F3N2/c1-10-3-6-13(7-14(10)15(16,17)18)20-9-12-5-4-11(2)19-8-12/h3-8,20H,9H2,1-2H3. The van der Waals surface area contributed by atoms with Gasteiger partial charge < -0.3 is 5.32 Å². The first-order chi connectivity index (χ1) is 9.36. The van der Waals surface area contributed by atoms with E-state index in [2.05, 4.69) is 10.3 Å². The molecule has 2 aromatic rings. The second-order valence-corrected chi connectivity index (χ2v) is 4.69. The maximum atomic E-state index is 12.8. The molecule has 5 heteroatoms. The lowest BCUT2D eigenvalue weighted by Gasteiger charge is -2.13. The van der Waals surface area contributed by atoms with Crippen LogP contribution in [0.5, 0.6) is 0 Å². The van der Waals surface area contributed by atoms with E-state index in [1.54, 1.807) is 12.3 Å². The molecule has 0 saturated carbocycles. The molecule has 1 aromatic carbocycles. The van der Waals surface area contributed by atoms with Crippen molar-refractivity contribution in [2.75, 3.05) is 5.32 Å². The molecule has 1 N–H and O–H groups in total. The van der Waals surface area contributed by atoms with Crippen LogP contribution in [-0.4, -0.2) is 4.98 Å². The molecule has 0 atom stereocenters. The van der Waals surface area contributed by atoms with E-state index in [0.29, 0.717) is 12.2 Å². The van der Waals surface area contributed by atoms with Crippen molar-refractivity contribution in [3.63, 3.8) is 0 Å². The van der Waals surface area contributed by atoms with Gasteiger partial charge in [0.05, 0.1) is 5.56 Å². The number of anilines is 1. The molecule has 0 fully saturated rings. The highest BCUT2D eigenvalue weighted by molar-refractivity contribution is 5.49. The van der Waals surface area contributed by atoms with Crippen molar-refractivity contribution in [1.29, 1.82) is 0 Å². The lowest BCUT2D eigenvalue weighted by molar-refractivity contribution is -0.138. The number of alkyl halides is 3. The summed E-state index contributed by atoms with van der Waals surface area (Å²) in [5, 5.41) is 2.98. The highest BCUT2D eigenvalue weighted by atomic mass is 19.4. The lowest BCUT2D eigenvalue weighted by Crippen LogP contribution is -2.09. The van der Waals surface area contributed by atoms with Crippen molar-refractivity contribution in [2.45, 2.75) is 26.6 Å². The number of hydrogen-bond acceptors (Lipinski definition) is 2. The average Bonchev–Trinajstić information content (AvgIpc) is 2.38. The molecule has 0 bridgehead atoms. The number of aryl methyl sites for hydroxylation is 2. The third-order valence-electron chi connectivity index (χ3n) is 3.01. The van der Waals surface area contributed by atoms with E-state index in [9.17, 15) is 13.2 Å². The van der Waals surface area contributed by atoms with Crippen LogP contribution < -0.4 is 5.32 Å². The molecule has 1 heterocycles. The topological polar surface area (TPSA) is 24.9 Å². The first-order valence-corrected chi connectivity index (χ1v) is 6.19. The van der Waals surface area contributed by atoms with Crippen molar-refractivity contribution in [1.82, 2.24) is 4.98 Å². The summed E-state index contributed by atoms with van der Waals surface area (Å²) in [5.74, 6) is 0. The largest absolute Gasteiger partial charge is 0.416 e. The first kappa shape index (κ1) is 14.4. The maximum absolute atomic E-state index is 12.8. The van der Waals surface area contributed by atoms with E-state index < -0.39 is 11.7 Å². The van der Waals surface area contributed by atoms with Gasteiger partial charge in [-0.25, -0.2) is 0 Å². The third-order valence-corrected chi connectivity index (χ3v) is 3.01. The van der Waals surface area contributed by atoms with E-state index in [1.165, 1.54) is 13.0 Å². The predicted molar refractivity (Wildman–Crippen MR) is 72.5 cm³/mol. The number of pyridine rings is 1. The van der Waals surface area contributed by atoms with E-state index >= 15 is 0 Å². The monoisotopic (exact) mass is 280 g/mol. The molecule has 20 heavy (non-hydrogen) atoms. The van der Waals surface area contributed by atoms with Crippen LogP contribution >= 0.6 is 0 Å². The van der Waals surface area contributed by atoms with Crippen LogP contribution in [0.25, 0.3) is 0 Å². The minimum atomic E-state index is -4.33. The number of benzene rings is 1. The summed E-state index contributed by atoms with van der Waals surface area (Å²) < 4.78 is 38.4. The molecule has 0 saturated heterocycles. The summed E-state index contributed by atoms with van der Waals surface area (Å²) in [5.41, 5.74) is 1.89. The van der Waals surface area contributed by atoms with Gasteiger partial charge in [0.1, 0.15) is 0 Å². The highest BCUT2D eigenvalue weighted by Crippen LogP contribution is 2.33. The molecule has 0 aliphatic rings. The van der Waals surface area contributed by atoms with E-state index in [-0.39, 0.29) is 5.56 Å². The van der Waals surface area contributed by atoms with Crippen LogP contribution in [0, 0.1) is 13.8 Å². The molecule has 2 nitrogen and oxygen atoms in total. The van der Waals surface area contributed by atoms with Crippen molar-refractivity contribution in [3.05, 3.63) is 58.9 Å². The molecule has 0 aliphatic carbocycles. The SMILES string of the molecule is Cc1ccc(CNc2ccc(C)c(C(F)(F)F)c2)cn1. The lowest BCUT2D eigenvalue weighted by atomic mass is 10.1. The summed E-state index contributed by atoms with van der Waals surface area (Å²) in [6.07, 6.45) is -2.62. The summed E-state index contributed by atoms with van der Waals surface area (Å²) in [6, 6.07) is 8.02. The van der Waals surface area contributed by atoms with Crippen LogP contribution in [0.15, 0.2) is 36.5 Å². The Labute approximate surface area is 115 Å². The third kappa shape index (κ3) is 3.50. The van der Waals surface area contributed by atoms with Gasteiger partial charge in [0.25, 0.3) is 0 Å². The van der Waals surface area contributed by atoms with Crippen molar-refractivity contribution < 1.29 is 13.2 Å². The van der Waals surface area contributed by atoms with Crippen molar-refractivity contribution in [3.8, 4) is 0 Å². The van der Waals surface area contributed by atoms with Gasteiger partial charge in [0.15, 0.2) is 0 Å². The van der Waals surface area contributed by atoms with Gasteiger partial charge in [0.2, 0.25) is 0 Å². The van der Waals surface area contributed by atoms with Crippen LogP contribution in [0.1, 0.15) is 22.4 Å². The Kier molecular flexibility index (Phi) is 3.97. The van der Waals surface area contributed by atoms with Crippen molar-refractivity contribution in [2.24, 2.45) is 0 Å². The second kappa shape index (κ2) is 5.53. The molecule has 0 unspecified atom stereocenters. The van der Waals surface area contributed by atoms with Gasteiger partial charge in [-0.15, -0.1) is 0 Å². The Morgan fingerprint density at radius 3 is 2.45 bits per heavy atom. The molecule has 0 radical (unpaired) electrons. The van der Waals surface area contributed by atoms with Crippen molar-refractivity contribution >= 4 is 5.69 Å². The molecular weight excluding hydrogens is 265 g/mol. The van der Waals surface area contributed by atoms with Crippen LogP contribution in [0.3, 0.4) is 0 Å². The van der Waals surface area contributed by atoms with E-state index in [1.807, 2.05) is 19.1 Å². The van der Waals surface area contributed by atoms with Crippen LogP contribution in [0.4, 0.5) is 18.9 Å². The molecule has 0 aliphatic heterocycles. The summed E-state index contributed by atoms with van der Waals surface area (Å²) in [4.78, 5) is 4.14. The smallest absolute Gasteiger partial charge is 0.381 e. The second-order valence-electron chi connectivity index (χ2n) is 4.69. The summed E-state index contributed by atoms with van der Waals surface area (Å²) in [6.45, 7) is 3.77. The van der Waals surface area contributed by atoms with E-state index in [4.69, 9.17) is 0 Å². The van der Waals surface area contributed by atoms with Gasteiger partial charge in [-0.2, -0.15) is 13.2 Å². The molecule has 0 spiro atoms. The quantitative estimate of drug-likeness (QED) is 0.905. The molecule has 0 amide bonds. The zero-order valence-corrected chi connectivity index (χ0v) is 11.3. The highest BCUT2D eigenvalue weighted by Gasteiger charge is 2.32. The summed E-state index contributed by atoms with van der Waals surface area (Å²) in [7, 11) is 0. The van der Waals surface area contributed by atoms with Crippen LogP contribution in [0.2, 0.25) is 0 Å². The Morgan fingerprint density at radius 1 is 1.10 bits per heavy atom. The zero-order chi connectivity index (χ0) is 14.8. The number of rotatable bonds is 3. The number of nitrogens with one attached hydrogen (secondary N) is 1. The fourth-order valence-corrected chi connectivity index (χ4v) is 1.84. The first-order valence-electron chi connectivity index (χ1n) is 6.19. The van der Waals surface area contributed by atoms with Gasteiger partial charge in [-0.05, 0) is 43.2 Å². The van der Waals surface area contributed by atoms with Gasteiger partial charge in [-0.3, -0.25) is 4.98 Å². The minimum absolute atomic E-state index is 0.222. The molecule has 1 aromatic heterocycles. The molecule has 106 valence electrons. The Morgan fingerprint density at radius 2 is 1.85 bits per heavy atom. The Bertz CT molecular complexity index is 589. The fourth-order valence-electron chi connectivity index (χ4n) is 1.84. The summed E-state index contributed by atoms with van der Waals surface area (Å²) >= 11 is 0. The number of halogens is 3. The Hall–Kier alpha value is -2.04. The molecular formula is C15H15F3N2. The van der Waals surface area contributed by atoms with Gasteiger partial charge in [0, 0.05) is 24.1 Å².